The third kappa shape index (κ3) is 3.03. The van der Waals surface area contributed by atoms with Gasteiger partial charge in [-0.1, -0.05) is 11.6 Å². The third-order valence-corrected chi connectivity index (χ3v) is 2.67. The van der Waals surface area contributed by atoms with Crippen molar-refractivity contribution >= 4 is 29.1 Å². The van der Waals surface area contributed by atoms with Gasteiger partial charge in [0.15, 0.2) is 5.82 Å². The van der Waals surface area contributed by atoms with E-state index in [0.717, 1.165) is 0 Å². The highest BCUT2D eigenvalue weighted by atomic mass is 35.5. The topological polar surface area (TPSA) is 59.1 Å². The van der Waals surface area contributed by atoms with E-state index in [1.807, 2.05) is 0 Å². The van der Waals surface area contributed by atoms with E-state index in [4.69, 9.17) is 16.3 Å². The monoisotopic (exact) mass is 282 g/mol. The van der Waals surface area contributed by atoms with Gasteiger partial charge in [-0.25, -0.2) is 9.37 Å². The maximum atomic E-state index is 13.7. The summed E-state index contributed by atoms with van der Waals surface area (Å²) in [5, 5.41) is 5.88. The molecule has 5 nitrogen and oxygen atoms in total. The second-order valence-electron chi connectivity index (χ2n) is 3.61. The van der Waals surface area contributed by atoms with Crippen LogP contribution in [0.15, 0.2) is 24.4 Å². The van der Waals surface area contributed by atoms with Gasteiger partial charge < -0.3 is 15.4 Å². The highest BCUT2D eigenvalue weighted by Crippen LogP contribution is 2.27. The van der Waals surface area contributed by atoms with E-state index in [1.54, 1.807) is 7.05 Å². The number of hydrogen-bond donors (Lipinski definition) is 2. The number of nitrogens with one attached hydrogen (secondary N) is 2. The Hall–Kier alpha value is -2.08. The van der Waals surface area contributed by atoms with Crippen LogP contribution in [-0.2, 0) is 0 Å². The molecule has 2 rings (SSSR count). The van der Waals surface area contributed by atoms with E-state index in [9.17, 15) is 4.39 Å². The van der Waals surface area contributed by atoms with Crippen LogP contribution in [0, 0.1) is 5.82 Å². The molecular formula is C12H12ClFN4O. The van der Waals surface area contributed by atoms with Gasteiger partial charge in [0, 0.05) is 13.1 Å². The summed E-state index contributed by atoms with van der Waals surface area (Å²) in [6, 6.07) is 4.35. The molecule has 0 saturated carbocycles. The second-order valence-corrected chi connectivity index (χ2v) is 4.02. The third-order valence-electron chi connectivity index (χ3n) is 2.39. The minimum atomic E-state index is -0.429. The molecule has 0 radical (unpaired) electrons. The zero-order valence-electron chi connectivity index (χ0n) is 10.4. The predicted molar refractivity (Wildman–Crippen MR) is 72.8 cm³/mol. The number of hydrogen-bond acceptors (Lipinski definition) is 5. The lowest BCUT2D eigenvalue weighted by Gasteiger charge is -2.10. The summed E-state index contributed by atoms with van der Waals surface area (Å²) >= 11 is 5.96. The Kier molecular flexibility index (Phi) is 4.01. The van der Waals surface area contributed by atoms with Gasteiger partial charge in [-0.05, 0) is 12.1 Å². The minimum Gasteiger partial charge on any atom is -0.497 e. The van der Waals surface area contributed by atoms with Gasteiger partial charge in [0.2, 0.25) is 5.95 Å². The van der Waals surface area contributed by atoms with E-state index in [1.165, 1.54) is 31.5 Å². The molecule has 7 heteroatoms. The van der Waals surface area contributed by atoms with Crippen molar-refractivity contribution in [3.63, 3.8) is 0 Å². The van der Waals surface area contributed by atoms with Crippen LogP contribution in [0.5, 0.6) is 5.75 Å². The standard InChI is InChI=1S/C12H12ClFN4O/c1-15-12-16-6-8(13)11(18-12)17-10-5-7(19-2)3-4-9(10)14/h3-6H,1-2H3,(H2,15,16,17,18). The first-order valence-electron chi connectivity index (χ1n) is 5.45. The molecular weight excluding hydrogens is 271 g/mol. The lowest BCUT2D eigenvalue weighted by molar-refractivity contribution is 0.414. The number of nitrogens with zero attached hydrogens (tertiary/aromatic N) is 2. The van der Waals surface area contributed by atoms with Crippen LogP contribution in [0.2, 0.25) is 5.02 Å². The van der Waals surface area contributed by atoms with Gasteiger partial charge in [0.05, 0.1) is 19.0 Å². The maximum absolute atomic E-state index is 13.7. The summed E-state index contributed by atoms with van der Waals surface area (Å²) in [5.41, 5.74) is 0.224. The van der Waals surface area contributed by atoms with Crippen molar-refractivity contribution in [2.45, 2.75) is 0 Å². The molecule has 0 amide bonds. The van der Waals surface area contributed by atoms with Crippen molar-refractivity contribution in [2.75, 3.05) is 24.8 Å². The highest BCUT2D eigenvalue weighted by molar-refractivity contribution is 6.32. The lowest BCUT2D eigenvalue weighted by atomic mass is 10.3. The molecule has 2 N–H and O–H groups in total. The van der Waals surface area contributed by atoms with E-state index in [-0.39, 0.29) is 5.69 Å². The molecule has 1 heterocycles. The minimum absolute atomic E-state index is 0.224. The smallest absolute Gasteiger partial charge is 0.224 e. The van der Waals surface area contributed by atoms with Crippen molar-refractivity contribution in [3.8, 4) is 5.75 Å². The van der Waals surface area contributed by atoms with Gasteiger partial charge >= 0.3 is 0 Å². The molecule has 1 aromatic carbocycles. The van der Waals surface area contributed by atoms with Gasteiger partial charge in [-0.15, -0.1) is 0 Å². The van der Waals surface area contributed by atoms with Crippen LogP contribution in [0.4, 0.5) is 21.8 Å². The average Bonchev–Trinajstić information content (AvgIpc) is 2.43. The Morgan fingerprint density at radius 2 is 2.16 bits per heavy atom. The Morgan fingerprint density at radius 3 is 2.84 bits per heavy atom. The number of aromatic nitrogens is 2. The van der Waals surface area contributed by atoms with Crippen molar-refractivity contribution in [1.29, 1.82) is 0 Å². The number of anilines is 3. The summed E-state index contributed by atoms with van der Waals surface area (Å²) in [6.07, 6.45) is 1.43. The fourth-order valence-electron chi connectivity index (χ4n) is 1.43. The lowest BCUT2D eigenvalue weighted by Crippen LogP contribution is -2.02. The van der Waals surface area contributed by atoms with Crippen molar-refractivity contribution in [2.24, 2.45) is 0 Å². The first-order valence-corrected chi connectivity index (χ1v) is 5.82. The molecule has 1 aromatic heterocycles. The van der Waals surface area contributed by atoms with Crippen LogP contribution >= 0.6 is 11.6 Å². The van der Waals surface area contributed by atoms with Crippen LogP contribution in [-0.4, -0.2) is 24.1 Å². The molecule has 0 fully saturated rings. The number of halogens is 2. The molecule has 0 saturated heterocycles. The Morgan fingerprint density at radius 1 is 1.37 bits per heavy atom. The number of ether oxygens (including phenoxy) is 1. The first kappa shape index (κ1) is 13.4. The zero-order valence-corrected chi connectivity index (χ0v) is 11.1. The van der Waals surface area contributed by atoms with Gasteiger partial charge in [-0.3, -0.25) is 0 Å². The van der Waals surface area contributed by atoms with Gasteiger partial charge in [0.1, 0.15) is 16.6 Å². The summed E-state index contributed by atoms with van der Waals surface area (Å²) < 4.78 is 18.7. The quantitative estimate of drug-likeness (QED) is 0.902. The maximum Gasteiger partial charge on any atom is 0.224 e. The molecule has 100 valence electrons. The van der Waals surface area contributed by atoms with Crippen LogP contribution in [0.25, 0.3) is 0 Å². The molecule has 0 spiro atoms. The molecule has 0 bridgehead atoms. The Balaban J connectivity index is 2.35. The zero-order chi connectivity index (χ0) is 13.8. The SMILES string of the molecule is CNc1ncc(Cl)c(Nc2cc(OC)ccc2F)n1. The summed E-state index contributed by atoms with van der Waals surface area (Å²) in [7, 11) is 3.19. The van der Waals surface area contributed by atoms with E-state index >= 15 is 0 Å². The van der Waals surface area contributed by atoms with Crippen molar-refractivity contribution < 1.29 is 9.13 Å². The van der Waals surface area contributed by atoms with E-state index < -0.39 is 5.82 Å². The van der Waals surface area contributed by atoms with Crippen LogP contribution in [0.1, 0.15) is 0 Å². The molecule has 0 unspecified atom stereocenters. The largest absolute Gasteiger partial charge is 0.497 e. The molecule has 0 aliphatic rings. The summed E-state index contributed by atoms with van der Waals surface area (Å²) in [5.74, 6) is 0.799. The Labute approximate surface area is 114 Å². The first-order chi connectivity index (χ1) is 9.13. The molecule has 0 atom stereocenters. The number of rotatable bonds is 4. The van der Waals surface area contributed by atoms with E-state index in [2.05, 4.69) is 20.6 Å². The van der Waals surface area contributed by atoms with Crippen LogP contribution < -0.4 is 15.4 Å². The fraction of sp³-hybridized carbons (Fsp3) is 0.167. The van der Waals surface area contributed by atoms with Crippen molar-refractivity contribution in [3.05, 3.63) is 35.2 Å². The summed E-state index contributed by atoms with van der Waals surface area (Å²) in [6.45, 7) is 0. The Bertz CT molecular complexity index is 542. The summed E-state index contributed by atoms with van der Waals surface area (Å²) in [4.78, 5) is 8.05. The second kappa shape index (κ2) is 5.71. The molecule has 0 aliphatic carbocycles. The highest BCUT2D eigenvalue weighted by Gasteiger charge is 2.09. The molecule has 19 heavy (non-hydrogen) atoms. The van der Waals surface area contributed by atoms with E-state index in [0.29, 0.717) is 22.5 Å². The normalized spacial score (nSPS) is 10.1. The van der Waals surface area contributed by atoms with Gasteiger partial charge in [-0.2, -0.15) is 4.98 Å². The predicted octanol–water partition coefficient (Wildman–Crippen LogP) is 3.06. The average molecular weight is 283 g/mol. The number of methoxy groups -OCH3 is 1. The molecule has 2 aromatic rings. The number of benzene rings is 1. The van der Waals surface area contributed by atoms with Crippen LogP contribution in [0.3, 0.4) is 0 Å². The fourth-order valence-corrected chi connectivity index (χ4v) is 1.57. The van der Waals surface area contributed by atoms with Gasteiger partial charge in [0.25, 0.3) is 0 Å². The van der Waals surface area contributed by atoms with Crippen molar-refractivity contribution in [1.82, 2.24) is 9.97 Å². The molecule has 0 aliphatic heterocycles.